The van der Waals surface area contributed by atoms with Crippen LogP contribution in [0.5, 0.6) is 5.75 Å². The number of sulfonamides is 1. The number of ether oxygens (including phenoxy) is 2. The standard InChI is InChI=1S/C12H18BrNO4S/c1-17-8-4-3-7-14-19(15,16)10-5-6-12(18-2)11(13)9-10/h5-6,9,14H,3-4,7-8H2,1-2H3. The summed E-state index contributed by atoms with van der Waals surface area (Å²) < 4.78 is 37.2. The number of methoxy groups -OCH3 is 2. The fourth-order valence-corrected chi connectivity index (χ4v) is 3.27. The van der Waals surface area contributed by atoms with Crippen LogP contribution >= 0.6 is 15.9 Å². The SMILES string of the molecule is COCCCCNS(=O)(=O)c1ccc(OC)c(Br)c1. The van der Waals surface area contributed by atoms with Gasteiger partial charge in [0.25, 0.3) is 0 Å². The fourth-order valence-electron chi connectivity index (χ4n) is 1.48. The van der Waals surface area contributed by atoms with Gasteiger partial charge in [-0.05, 0) is 47.0 Å². The second-order valence-electron chi connectivity index (χ2n) is 3.89. The van der Waals surface area contributed by atoms with E-state index >= 15 is 0 Å². The van der Waals surface area contributed by atoms with Gasteiger partial charge in [-0.3, -0.25) is 0 Å². The lowest BCUT2D eigenvalue weighted by Gasteiger charge is -2.09. The van der Waals surface area contributed by atoms with Crippen molar-refractivity contribution < 1.29 is 17.9 Å². The molecule has 19 heavy (non-hydrogen) atoms. The summed E-state index contributed by atoms with van der Waals surface area (Å²) in [6.45, 7) is 1.03. The van der Waals surface area contributed by atoms with E-state index in [1.165, 1.54) is 19.2 Å². The molecule has 0 unspecified atom stereocenters. The Balaban J connectivity index is 2.64. The molecule has 0 fully saturated rings. The molecule has 0 aliphatic rings. The highest BCUT2D eigenvalue weighted by Gasteiger charge is 2.15. The summed E-state index contributed by atoms with van der Waals surface area (Å²) in [6, 6.07) is 4.65. The van der Waals surface area contributed by atoms with E-state index in [4.69, 9.17) is 9.47 Å². The zero-order valence-corrected chi connectivity index (χ0v) is 13.4. The minimum absolute atomic E-state index is 0.215. The van der Waals surface area contributed by atoms with Crippen LogP contribution in [0, 0.1) is 0 Å². The predicted molar refractivity (Wildman–Crippen MR) is 77.0 cm³/mol. The molecule has 0 saturated carbocycles. The summed E-state index contributed by atoms with van der Waals surface area (Å²) in [5.41, 5.74) is 0. The molecule has 0 aliphatic carbocycles. The highest BCUT2D eigenvalue weighted by Crippen LogP contribution is 2.27. The van der Waals surface area contributed by atoms with Crippen molar-refractivity contribution in [2.45, 2.75) is 17.7 Å². The third-order valence-electron chi connectivity index (χ3n) is 2.50. The van der Waals surface area contributed by atoms with E-state index in [1.54, 1.807) is 13.2 Å². The molecule has 5 nitrogen and oxygen atoms in total. The number of unbranched alkanes of at least 4 members (excludes halogenated alkanes) is 1. The van der Waals surface area contributed by atoms with Gasteiger partial charge in [0.05, 0.1) is 16.5 Å². The Kier molecular flexibility index (Phi) is 6.78. The number of hydrogen-bond acceptors (Lipinski definition) is 4. The van der Waals surface area contributed by atoms with Crippen LogP contribution in [-0.2, 0) is 14.8 Å². The van der Waals surface area contributed by atoms with Gasteiger partial charge in [-0.2, -0.15) is 0 Å². The minimum Gasteiger partial charge on any atom is -0.496 e. The molecule has 108 valence electrons. The highest BCUT2D eigenvalue weighted by molar-refractivity contribution is 9.10. The second-order valence-corrected chi connectivity index (χ2v) is 6.52. The Labute approximate surface area is 122 Å². The lowest BCUT2D eigenvalue weighted by Crippen LogP contribution is -2.25. The third-order valence-corrected chi connectivity index (χ3v) is 4.58. The van der Waals surface area contributed by atoms with E-state index in [0.29, 0.717) is 23.4 Å². The quantitative estimate of drug-likeness (QED) is 0.729. The van der Waals surface area contributed by atoms with Gasteiger partial charge in [-0.1, -0.05) is 0 Å². The molecule has 0 amide bonds. The molecule has 0 spiro atoms. The van der Waals surface area contributed by atoms with Crippen molar-refractivity contribution in [1.82, 2.24) is 4.72 Å². The Morgan fingerprint density at radius 2 is 2.00 bits per heavy atom. The molecule has 0 radical (unpaired) electrons. The van der Waals surface area contributed by atoms with Crippen molar-refractivity contribution in [1.29, 1.82) is 0 Å². The molecule has 1 N–H and O–H groups in total. The van der Waals surface area contributed by atoms with Gasteiger partial charge >= 0.3 is 0 Å². The lowest BCUT2D eigenvalue weighted by molar-refractivity contribution is 0.193. The fraction of sp³-hybridized carbons (Fsp3) is 0.500. The molecule has 1 aromatic carbocycles. The van der Waals surface area contributed by atoms with Crippen LogP contribution in [0.4, 0.5) is 0 Å². The Bertz CT molecular complexity index is 504. The van der Waals surface area contributed by atoms with E-state index in [0.717, 1.165) is 12.8 Å². The number of hydrogen-bond donors (Lipinski definition) is 1. The summed E-state index contributed by atoms with van der Waals surface area (Å²) in [6.07, 6.45) is 1.57. The predicted octanol–water partition coefficient (Wildman–Crippen LogP) is 2.16. The number of nitrogens with one attached hydrogen (secondary N) is 1. The van der Waals surface area contributed by atoms with Gasteiger partial charge in [0.2, 0.25) is 10.0 Å². The van der Waals surface area contributed by atoms with E-state index < -0.39 is 10.0 Å². The van der Waals surface area contributed by atoms with Gasteiger partial charge in [-0.25, -0.2) is 13.1 Å². The topological polar surface area (TPSA) is 64.6 Å². The third kappa shape index (κ3) is 5.10. The van der Waals surface area contributed by atoms with Crippen molar-refractivity contribution in [3.05, 3.63) is 22.7 Å². The molecule has 0 saturated heterocycles. The van der Waals surface area contributed by atoms with E-state index in [9.17, 15) is 8.42 Å². The highest BCUT2D eigenvalue weighted by atomic mass is 79.9. The molecule has 0 heterocycles. The second kappa shape index (κ2) is 7.84. The Morgan fingerprint density at radius 3 is 2.58 bits per heavy atom. The minimum atomic E-state index is -3.47. The largest absolute Gasteiger partial charge is 0.496 e. The molecule has 0 atom stereocenters. The average Bonchev–Trinajstić information content (AvgIpc) is 2.38. The molecule has 7 heteroatoms. The Morgan fingerprint density at radius 1 is 1.26 bits per heavy atom. The van der Waals surface area contributed by atoms with Gasteiger partial charge in [-0.15, -0.1) is 0 Å². The van der Waals surface area contributed by atoms with Crippen LogP contribution in [0.2, 0.25) is 0 Å². The first-order chi connectivity index (χ1) is 9.01. The van der Waals surface area contributed by atoms with Crippen molar-refractivity contribution in [3.8, 4) is 5.75 Å². The monoisotopic (exact) mass is 351 g/mol. The molecule has 0 aromatic heterocycles. The van der Waals surface area contributed by atoms with E-state index in [-0.39, 0.29) is 4.90 Å². The number of halogens is 1. The summed E-state index contributed by atoms with van der Waals surface area (Å²) in [7, 11) is -0.317. The Hall–Kier alpha value is -0.630. The summed E-state index contributed by atoms with van der Waals surface area (Å²) >= 11 is 3.27. The number of benzene rings is 1. The molecular weight excluding hydrogens is 334 g/mol. The van der Waals surface area contributed by atoms with Gasteiger partial charge in [0, 0.05) is 20.3 Å². The zero-order chi connectivity index (χ0) is 14.3. The van der Waals surface area contributed by atoms with Crippen molar-refractivity contribution in [2.75, 3.05) is 27.4 Å². The molecular formula is C12H18BrNO4S. The van der Waals surface area contributed by atoms with Crippen LogP contribution in [0.3, 0.4) is 0 Å². The maximum absolute atomic E-state index is 12.0. The van der Waals surface area contributed by atoms with Crippen molar-refractivity contribution in [2.24, 2.45) is 0 Å². The number of rotatable bonds is 8. The first-order valence-electron chi connectivity index (χ1n) is 5.83. The van der Waals surface area contributed by atoms with Gasteiger partial charge < -0.3 is 9.47 Å². The van der Waals surface area contributed by atoms with Gasteiger partial charge in [0.15, 0.2) is 0 Å². The zero-order valence-electron chi connectivity index (χ0n) is 11.0. The normalized spacial score (nSPS) is 11.5. The molecule has 0 bridgehead atoms. The average molecular weight is 352 g/mol. The molecule has 0 aliphatic heterocycles. The van der Waals surface area contributed by atoms with Gasteiger partial charge in [0.1, 0.15) is 5.75 Å². The van der Waals surface area contributed by atoms with Crippen LogP contribution in [-0.4, -0.2) is 35.8 Å². The molecule has 1 rings (SSSR count). The first kappa shape index (κ1) is 16.4. The van der Waals surface area contributed by atoms with Crippen LogP contribution < -0.4 is 9.46 Å². The molecule has 1 aromatic rings. The van der Waals surface area contributed by atoms with Crippen LogP contribution in [0.1, 0.15) is 12.8 Å². The summed E-state index contributed by atoms with van der Waals surface area (Å²) in [5, 5.41) is 0. The van der Waals surface area contributed by atoms with Crippen molar-refractivity contribution in [3.63, 3.8) is 0 Å². The van der Waals surface area contributed by atoms with Crippen LogP contribution in [0.15, 0.2) is 27.6 Å². The van der Waals surface area contributed by atoms with Crippen LogP contribution in [0.25, 0.3) is 0 Å². The maximum Gasteiger partial charge on any atom is 0.240 e. The smallest absolute Gasteiger partial charge is 0.240 e. The summed E-state index contributed by atoms with van der Waals surface area (Å²) in [5.74, 6) is 0.596. The summed E-state index contributed by atoms with van der Waals surface area (Å²) in [4.78, 5) is 0.215. The van der Waals surface area contributed by atoms with E-state index in [2.05, 4.69) is 20.7 Å². The van der Waals surface area contributed by atoms with Crippen molar-refractivity contribution >= 4 is 26.0 Å². The first-order valence-corrected chi connectivity index (χ1v) is 8.11. The maximum atomic E-state index is 12.0. The van der Waals surface area contributed by atoms with E-state index in [1.807, 2.05) is 0 Å². The lowest BCUT2D eigenvalue weighted by atomic mass is 10.3.